The Hall–Kier alpha value is -1.08. The van der Waals surface area contributed by atoms with Crippen LogP contribution in [0.2, 0.25) is 5.15 Å². The first-order valence-electron chi connectivity index (χ1n) is 5.54. The first kappa shape index (κ1) is 13.4. The average molecular weight is 281 g/mol. The van der Waals surface area contributed by atoms with Gasteiger partial charge in [-0.2, -0.15) is 13.2 Å². The first-order chi connectivity index (χ1) is 8.47. The Morgan fingerprint density at radius 2 is 2.00 bits per heavy atom. The lowest BCUT2D eigenvalue weighted by molar-refractivity contribution is -0.144. The molecule has 1 saturated heterocycles. The van der Waals surface area contributed by atoms with Gasteiger partial charge >= 0.3 is 6.18 Å². The highest BCUT2D eigenvalue weighted by Gasteiger charge is 2.35. The average Bonchev–Trinajstić information content (AvgIpc) is 2.55. The monoisotopic (exact) mass is 280 g/mol. The number of aromatic nitrogens is 2. The summed E-state index contributed by atoms with van der Waals surface area (Å²) in [5.74, 6) is -0.965. The summed E-state index contributed by atoms with van der Waals surface area (Å²) in [5, 5.41) is 2.98. The molecule has 0 spiro atoms. The molecule has 0 saturated carbocycles. The van der Waals surface area contributed by atoms with Crippen LogP contribution in [0.5, 0.6) is 0 Å². The molecular weight excluding hydrogens is 269 g/mol. The van der Waals surface area contributed by atoms with Gasteiger partial charge in [-0.25, -0.2) is 9.97 Å². The predicted molar refractivity (Wildman–Crippen MR) is 61.7 cm³/mol. The third-order valence-electron chi connectivity index (χ3n) is 2.60. The molecule has 0 unspecified atom stereocenters. The van der Waals surface area contributed by atoms with Gasteiger partial charge in [-0.3, -0.25) is 0 Å². The first-order valence-corrected chi connectivity index (χ1v) is 5.92. The van der Waals surface area contributed by atoms with Crippen molar-refractivity contribution in [2.75, 3.05) is 31.1 Å². The van der Waals surface area contributed by atoms with Gasteiger partial charge in [0.05, 0.1) is 0 Å². The standard InChI is InChI=1S/C10H12ClF3N4/c11-7-6-8(17-9(16-7)10(12,13)14)18-4-1-2-15-3-5-18/h6,15H,1-5H2. The zero-order chi connectivity index (χ0) is 13.2. The van der Waals surface area contributed by atoms with Crippen molar-refractivity contribution in [3.63, 3.8) is 0 Å². The molecule has 1 aliphatic rings. The number of hydrogen-bond acceptors (Lipinski definition) is 4. The fourth-order valence-electron chi connectivity index (χ4n) is 1.77. The van der Waals surface area contributed by atoms with Crippen molar-refractivity contribution in [3.05, 3.63) is 17.0 Å². The molecule has 1 aromatic heterocycles. The van der Waals surface area contributed by atoms with Crippen molar-refractivity contribution in [3.8, 4) is 0 Å². The summed E-state index contributed by atoms with van der Waals surface area (Å²) >= 11 is 5.62. The molecule has 2 rings (SSSR count). The quantitative estimate of drug-likeness (QED) is 0.799. The Morgan fingerprint density at radius 3 is 2.72 bits per heavy atom. The normalized spacial score (nSPS) is 17.7. The van der Waals surface area contributed by atoms with Gasteiger partial charge in [0.15, 0.2) is 0 Å². The lowest BCUT2D eigenvalue weighted by Crippen LogP contribution is -2.29. The topological polar surface area (TPSA) is 41.1 Å². The van der Waals surface area contributed by atoms with Crippen molar-refractivity contribution in [2.24, 2.45) is 0 Å². The minimum atomic E-state index is -4.58. The molecule has 0 atom stereocenters. The van der Waals surface area contributed by atoms with E-state index in [4.69, 9.17) is 11.6 Å². The molecule has 4 nitrogen and oxygen atoms in total. The van der Waals surface area contributed by atoms with E-state index in [1.54, 1.807) is 4.90 Å². The SMILES string of the molecule is FC(F)(F)c1nc(Cl)cc(N2CCCNCC2)n1. The van der Waals surface area contributed by atoms with E-state index < -0.39 is 12.0 Å². The van der Waals surface area contributed by atoms with Crippen molar-refractivity contribution >= 4 is 17.4 Å². The van der Waals surface area contributed by atoms with Crippen LogP contribution in [0.15, 0.2) is 6.07 Å². The minimum absolute atomic E-state index is 0.190. The van der Waals surface area contributed by atoms with Gasteiger partial charge in [-0.05, 0) is 13.0 Å². The molecular formula is C10H12ClF3N4. The van der Waals surface area contributed by atoms with Crippen LogP contribution in [0.4, 0.5) is 19.0 Å². The van der Waals surface area contributed by atoms with Crippen LogP contribution in [0, 0.1) is 0 Å². The highest BCUT2D eigenvalue weighted by atomic mass is 35.5. The zero-order valence-electron chi connectivity index (χ0n) is 9.47. The summed E-state index contributed by atoms with van der Waals surface area (Å²) in [6.45, 7) is 2.81. The maximum Gasteiger partial charge on any atom is 0.451 e. The minimum Gasteiger partial charge on any atom is -0.355 e. The van der Waals surface area contributed by atoms with Gasteiger partial charge in [0.25, 0.3) is 0 Å². The van der Waals surface area contributed by atoms with Crippen molar-refractivity contribution in [1.82, 2.24) is 15.3 Å². The number of hydrogen-bond donors (Lipinski definition) is 1. The fraction of sp³-hybridized carbons (Fsp3) is 0.600. The van der Waals surface area contributed by atoms with Gasteiger partial charge in [0.1, 0.15) is 11.0 Å². The van der Waals surface area contributed by atoms with Gasteiger partial charge in [-0.15, -0.1) is 0 Å². The summed E-state index contributed by atoms with van der Waals surface area (Å²) < 4.78 is 37.7. The number of nitrogens with one attached hydrogen (secondary N) is 1. The van der Waals surface area contributed by atoms with Crippen LogP contribution in [0.3, 0.4) is 0 Å². The Morgan fingerprint density at radius 1 is 1.22 bits per heavy atom. The van der Waals surface area contributed by atoms with Crippen LogP contribution >= 0.6 is 11.6 Å². The molecule has 1 N–H and O–H groups in total. The number of alkyl halides is 3. The largest absolute Gasteiger partial charge is 0.451 e. The molecule has 18 heavy (non-hydrogen) atoms. The Bertz CT molecular complexity index is 416. The van der Waals surface area contributed by atoms with Crippen molar-refractivity contribution < 1.29 is 13.2 Å². The number of nitrogens with zero attached hydrogens (tertiary/aromatic N) is 3. The van der Waals surface area contributed by atoms with Crippen LogP contribution in [-0.4, -0.2) is 36.1 Å². The second-order valence-electron chi connectivity index (χ2n) is 3.96. The molecule has 100 valence electrons. The summed E-state index contributed by atoms with van der Waals surface area (Å²) in [4.78, 5) is 8.54. The van der Waals surface area contributed by atoms with E-state index in [1.807, 2.05) is 0 Å². The van der Waals surface area contributed by atoms with Crippen LogP contribution in [-0.2, 0) is 6.18 Å². The van der Waals surface area contributed by atoms with E-state index in [1.165, 1.54) is 6.07 Å². The lowest BCUT2D eigenvalue weighted by Gasteiger charge is -2.21. The molecule has 1 fully saturated rings. The van der Waals surface area contributed by atoms with Crippen LogP contribution in [0.25, 0.3) is 0 Å². The smallest absolute Gasteiger partial charge is 0.355 e. The van der Waals surface area contributed by atoms with Crippen molar-refractivity contribution in [2.45, 2.75) is 12.6 Å². The van der Waals surface area contributed by atoms with Gasteiger partial charge in [-0.1, -0.05) is 11.6 Å². The van der Waals surface area contributed by atoms with E-state index in [9.17, 15) is 13.2 Å². The second-order valence-corrected chi connectivity index (χ2v) is 4.35. The molecule has 0 amide bonds. The van der Waals surface area contributed by atoms with E-state index in [0.717, 1.165) is 13.0 Å². The molecule has 0 radical (unpaired) electrons. The van der Waals surface area contributed by atoms with E-state index in [0.29, 0.717) is 19.6 Å². The van der Waals surface area contributed by atoms with Crippen molar-refractivity contribution in [1.29, 1.82) is 0 Å². The van der Waals surface area contributed by atoms with Gasteiger partial charge in [0, 0.05) is 25.7 Å². The summed E-state index contributed by atoms with van der Waals surface area (Å²) in [7, 11) is 0. The molecule has 0 bridgehead atoms. The Kier molecular flexibility index (Phi) is 3.91. The Balaban J connectivity index is 2.29. The summed E-state index contributed by atoms with van der Waals surface area (Å²) in [6.07, 6.45) is -3.73. The molecule has 2 heterocycles. The molecule has 0 aromatic carbocycles. The van der Waals surface area contributed by atoms with Gasteiger partial charge < -0.3 is 10.2 Å². The third-order valence-corrected chi connectivity index (χ3v) is 2.79. The summed E-state index contributed by atoms with van der Waals surface area (Å²) in [5.41, 5.74) is 0. The highest BCUT2D eigenvalue weighted by Crippen LogP contribution is 2.29. The third kappa shape index (κ3) is 3.23. The van der Waals surface area contributed by atoms with E-state index in [2.05, 4.69) is 15.3 Å². The zero-order valence-corrected chi connectivity index (χ0v) is 10.2. The molecule has 8 heteroatoms. The Labute approximate surface area is 107 Å². The van der Waals surface area contributed by atoms with E-state index in [-0.39, 0.29) is 11.0 Å². The molecule has 1 aromatic rings. The van der Waals surface area contributed by atoms with Crippen LogP contribution < -0.4 is 10.2 Å². The maximum atomic E-state index is 12.6. The summed E-state index contributed by atoms with van der Waals surface area (Å²) in [6, 6.07) is 1.36. The second kappa shape index (κ2) is 5.27. The molecule has 1 aliphatic heterocycles. The lowest BCUT2D eigenvalue weighted by atomic mass is 10.4. The van der Waals surface area contributed by atoms with Crippen LogP contribution in [0.1, 0.15) is 12.2 Å². The number of anilines is 1. The van der Waals surface area contributed by atoms with Gasteiger partial charge in [0.2, 0.25) is 5.82 Å². The maximum absolute atomic E-state index is 12.6. The fourth-order valence-corrected chi connectivity index (χ4v) is 1.95. The molecule has 0 aliphatic carbocycles. The number of halogens is 4. The number of rotatable bonds is 1. The highest BCUT2D eigenvalue weighted by molar-refractivity contribution is 6.29. The van der Waals surface area contributed by atoms with E-state index >= 15 is 0 Å². The predicted octanol–water partition coefficient (Wildman–Crippen LogP) is 1.95.